The SMILES string of the molecule is Cc1ccc2c(Cl)c(C(=O)N=C3CC(=O)N(C)C(=O)N3C)sc2c1. The molecule has 0 bridgehead atoms. The van der Waals surface area contributed by atoms with Crippen LogP contribution in [0.5, 0.6) is 0 Å². The summed E-state index contributed by atoms with van der Waals surface area (Å²) in [7, 11) is 2.87. The molecular formula is C16H14ClN3O3S. The number of amidine groups is 1. The van der Waals surface area contributed by atoms with Gasteiger partial charge in [0.1, 0.15) is 10.7 Å². The van der Waals surface area contributed by atoms with Crippen LogP contribution in [0.2, 0.25) is 5.02 Å². The lowest BCUT2D eigenvalue weighted by molar-refractivity contribution is -0.127. The number of hydrogen-bond acceptors (Lipinski definition) is 4. The highest BCUT2D eigenvalue weighted by atomic mass is 35.5. The van der Waals surface area contributed by atoms with E-state index in [0.717, 1.165) is 20.5 Å². The van der Waals surface area contributed by atoms with Gasteiger partial charge in [-0.05, 0) is 18.6 Å². The zero-order chi connectivity index (χ0) is 17.6. The number of aliphatic imine (C=N–C) groups is 1. The van der Waals surface area contributed by atoms with E-state index in [-0.39, 0.29) is 12.3 Å². The van der Waals surface area contributed by atoms with Crippen LogP contribution in [0.3, 0.4) is 0 Å². The molecule has 1 fully saturated rings. The van der Waals surface area contributed by atoms with Crippen LogP contribution in [0, 0.1) is 6.92 Å². The number of amides is 4. The van der Waals surface area contributed by atoms with Gasteiger partial charge in [-0.25, -0.2) is 4.79 Å². The Hall–Kier alpha value is -2.25. The van der Waals surface area contributed by atoms with Crippen LogP contribution in [-0.2, 0) is 4.79 Å². The van der Waals surface area contributed by atoms with Crippen molar-refractivity contribution in [1.29, 1.82) is 0 Å². The maximum atomic E-state index is 12.5. The summed E-state index contributed by atoms with van der Waals surface area (Å²) in [5.41, 5.74) is 1.07. The van der Waals surface area contributed by atoms with Crippen LogP contribution in [0.25, 0.3) is 10.1 Å². The maximum absolute atomic E-state index is 12.5. The third-order valence-corrected chi connectivity index (χ3v) is 5.50. The van der Waals surface area contributed by atoms with Crippen molar-refractivity contribution in [3.05, 3.63) is 33.7 Å². The Bertz CT molecular complexity index is 919. The smallest absolute Gasteiger partial charge is 0.284 e. The van der Waals surface area contributed by atoms with Gasteiger partial charge in [0.15, 0.2) is 0 Å². The molecule has 0 spiro atoms. The number of imide groups is 1. The van der Waals surface area contributed by atoms with E-state index < -0.39 is 17.8 Å². The lowest BCUT2D eigenvalue weighted by Gasteiger charge is -2.29. The first kappa shape index (κ1) is 16.6. The van der Waals surface area contributed by atoms with E-state index >= 15 is 0 Å². The number of halogens is 1. The minimum absolute atomic E-state index is 0.105. The number of aryl methyl sites for hydroxylation is 1. The van der Waals surface area contributed by atoms with Gasteiger partial charge >= 0.3 is 6.03 Å². The van der Waals surface area contributed by atoms with Crippen molar-refractivity contribution in [2.24, 2.45) is 4.99 Å². The molecule has 24 heavy (non-hydrogen) atoms. The van der Waals surface area contributed by atoms with E-state index in [0.29, 0.717) is 9.90 Å². The lowest BCUT2D eigenvalue weighted by atomic mass is 10.2. The Labute approximate surface area is 147 Å². The Kier molecular flexibility index (Phi) is 4.15. The number of benzene rings is 1. The molecule has 1 aliphatic heterocycles. The second-order valence-electron chi connectivity index (χ2n) is 5.55. The fourth-order valence-electron chi connectivity index (χ4n) is 2.41. The summed E-state index contributed by atoms with van der Waals surface area (Å²) in [5, 5.41) is 1.14. The van der Waals surface area contributed by atoms with E-state index in [1.54, 1.807) is 0 Å². The normalized spacial score (nSPS) is 17.2. The van der Waals surface area contributed by atoms with Crippen molar-refractivity contribution in [1.82, 2.24) is 9.80 Å². The van der Waals surface area contributed by atoms with Crippen LogP contribution in [0.1, 0.15) is 21.7 Å². The molecular weight excluding hydrogens is 350 g/mol. The van der Waals surface area contributed by atoms with Gasteiger partial charge in [0.25, 0.3) is 5.91 Å². The first-order valence-electron chi connectivity index (χ1n) is 7.14. The van der Waals surface area contributed by atoms with Crippen molar-refractivity contribution in [3.8, 4) is 0 Å². The highest BCUT2D eigenvalue weighted by molar-refractivity contribution is 7.21. The number of nitrogens with zero attached hydrogens (tertiary/aromatic N) is 3. The second-order valence-corrected chi connectivity index (χ2v) is 6.98. The van der Waals surface area contributed by atoms with Crippen molar-refractivity contribution in [2.45, 2.75) is 13.3 Å². The molecule has 3 rings (SSSR count). The van der Waals surface area contributed by atoms with Gasteiger partial charge in [-0.1, -0.05) is 23.7 Å². The van der Waals surface area contributed by atoms with Crippen molar-refractivity contribution < 1.29 is 14.4 Å². The first-order valence-corrected chi connectivity index (χ1v) is 8.34. The molecule has 0 atom stereocenters. The highest BCUT2D eigenvalue weighted by Gasteiger charge is 2.32. The lowest BCUT2D eigenvalue weighted by Crippen LogP contribution is -2.51. The Morgan fingerprint density at radius 1 is 1.25 bits per heavy atom. The number of carbonyl (C=O) groups excluding carboxylic acids is 3. The molecule has 1 aliphatic rings. The Morgan fingerprint density at radius 2 is 1.96 bits per heavy atom. The molecule has 0 saturated carbocycles. The molecule has 1 aromatic carbocycles. The largest absolute Gasteiger partial charge is 0.331 e. The van der Waals surface area contributed by atoms with E-state index in [1.165, 1.54) is 30.3 Å². The van der Waals surface area contributed by atoms with Gasteiger partial charge < -0.3 is 0 Å². The van der Waals surface area contributed by atoms with Gasteiger partial charge in [0.05, 0.1) is 11.4 Å². The predicted octanol–water partition coefficient (Wildman–Crippen LogP) is 3.32. The van der Waals surface area contributed by atoms with Crippen molar-refractivity contribution in [3.63, 3.8) is 0 Å². The van der Waals surface area contributed by atoms with Crippen LogP contribution >= 0.6 is 22.9 Å². The van der Waals surface area contributed by atoms with E-state index in [1.807, 2.05) is 25.1 Å². The molecule has 1 saturated heterocycles. The number of carbonyl (C=O) groups is 3. The minimum Gasteiger partial charge on any atom is -0.284 e. The monoisotopic (exact) mass is 363 g/mol. The summed E-state index contributed by atoms with van der Waals surface area (Å²) in [6.45, 7) is 1.96. The maximum Gasteiger partial charge on any atom is 0.331 e. The number of rotatable bonds is 1. The predicted molar refractivity (Wildman–Crippen MR) is 93.9 cm³/mol. The van der Waals surface area contributed by atoms with Gasteiger partial charge in [-0.15, -0.1) is 11.3 Å². The van der Waals surface area contributed by atoms with Crippen molar-refractivity contribution in [2.75, 3.05) is 14.1 Å². The molecule has 0 unspecified atom stereocenters. The zero-order valence-corrected chi connectivity index (χ0v) is 14.9. The summed E-state index contributed by atoms with van der Waals surface area (Å²) < 4.78 is 0.896. The summed E-state index contributed by atoms with van der Waals surface area (Å²) in [6.07, 6.45) is -0.105. The molecule has 4 amide bonds. The molecule has 0 N–H and O–H groups in total. The second kappa shape index (κ2) is 5.99. The molecule has 6 nitrogen and oxygen atoms in total. The van der Waals surface area contributed by atoms with Crippen LogP contribution in [0.4, 0.5) is 4.79 Å². The highest BCUT2D eigenvalue weighted by Crippen LogP contribution is 2.36. The van der Waals surface area contributed by atoms with Crippen LogP contribution < -0.4 is 0 Å². The van der Waals surface area contributed by atoms with E-state index in [9.17, 15) is 14.4 Å². The fourth-order valence-corrected chi connectivity index (χ4v) is 3.90. The van der Waals surface area contributed by atoms with Gasteiger partial charge in [-0.3, -0.25) is 19.4 Å². The Balaban J connectivity index is 1.99. The average molecular weight is 364 g/mol. The third-order valence-electron chi connectivity index (χ3n) is 3.85. The summed E-state index contributed by atoms with van der Waals surface area (Å²) in [5.74, 6) is -0.827. The number of fused-ring (bicyclic) bond motifs is 1. The Morgan fingerprint density at radius 3 is 2.67 bits per heavy atom. The number of hydrogen-bond donors (Lipinski definition) is 0. The molecule has 124 valence electrons. The summed E-state index contributed by atoms with van der Waals surface area (Å²) in [4.78, 5) is 42.7. The minimum atomic E-state index is -0.550. The van der Waals surface area contributed by atoms with Gasteiger partial charge in [-0.2, -0.15) is 4.99 Å². The topological polar surface area (TPSA) is 70.0 Å². The molecule has 2 aromatic rings. The summed E-state index contributed by atoms with van der Waals surface area (Å²) in [6, 6.07) is 5.21. The number of urea groups is 1. The standard InChI is InChI=1S/C16H14ClN3O3S/c1-8-4-5-9-10(6-8)24-14(13(9)17)15(22)18-11-7-12(21)20(3)16(23)19(11)2/h4-6H,7H2,1-3H3. The van der Waals surface area contributed by atoms with E-state index in [2.05, 4.69) is 4.99 Å². The summed E-state index contributed by atoms with van der Waals surface area (Å²) >= 11 is 7.55. The third kappa shape index (κ3) is 2.70. The molecule has 0 radical (unpaired) electrons. The van der Waals surface area contributed by atoms with Crippen LogP contribution in [-0.4, -0.2) is 47.6 Å². The van der Waals surface area contributed by atoms with Gasteiger partial charge in [0.2, 0.25) is 5.91 Å². The van der Waals surface area contributed by atoms with Gasteiger partial charge in [0, 0.05) is 24.2 Å². The van der Waals surface area contributed by atoms with Crippen molar-refractivity contribution >= 4 is 56.7 Å². The molecule has 0 aliphatic carbocycles. The molecule has 2 heterocycles. The first-order chi connectivity index (χ1) is 11.3. The zero-order valence-electron chi connectivity index (χ0n) is 13.3. The van der Waals surface area contributed by atoms with Crippen LogP contribution in [0.15, 0.2) is 23.2 Å². The quantitative estimate of drug-likeness (QED) is 0.780. The molecule has 8 heteroatoms. The fraction of sp³-hybridized carbons (Fsp3) is 0.250. The molecule has 1 aromatic heterocycles. The number of thiophene rings is 1. The van der Waals surface area contributed by atoms with E-state index in [4.69, 9.17) is 11.6 Å². The average Bonchev–Trinajstić information content (AvgIpc) is 2.86.